The normalized spacial score (nSPS) is 33.4. The van der Waals surface area contributed by atoms with Gasteiger partial charge in [0, 0.05) is 6.42 Å². The molecule has 0 bridgehead atoms. The van der Waals surface area contributed by atoms with Crippen LogP contribution in [0.15, 0.2) is 11.6 Å². The molecule has 1 saturated carbocycles. The predicted octanol–water partition coefficient (Wildman–Crippen LogP) is 1.73. The van der Waals surface area contributed by atoms with Gasteiger partial charge >= 0.3 is 0 Å². The maximum atomic E-state index is 4.02. The summed E-state index contributed by atoms with van der Waals surface area (Å²) >= 11 is 0. The number of fused-ring (bicyclic) bond motifs is 1. The van der Waals surface area contributed by atoms with Crippen LogP contribution in [0, 0.1) is 17.8 Å². The molecule has 80 valence electrons. The van der Waals surface area contributed by atoms with Gasteiger partial charge in [0.15, 0.2) is 5.82 Å². The van der Waals surface area contributed by atoms with Gasteiger partial charge in [0.05, 0.1) is 0 Å². The maximum absolute atomic E-state index is 4.02. The molecule has 0 saturated heterocycles. The Hall–Kier alpha value is -1.19. The number of rotatable bonds is 3. The van der Waals surface area contributed by atoms with Gasteiger partial charge < -0.3 is 0 Å². The van der Waals surface area contributed by atoms with Crippen molar-refractivity contribution in [3.05, 3.63) is 17.5 Å². The number of hydrogen-bond acceptors (Lipinski definition) is 3. The Labute approximate surface area is 89.2 Å². The first kappa shape index (κ1) is 9.07. The Morgan fingerprint density at radius 2 is 2.47 bits per heavy atom. The van der Waals surface area contributed by atoms with Crippen molar-refractivity contribution in [1.29, 1.82) is 0 Å². The van der Waals surface area contributed by atoms with Crippen molar-refractivity contribution in [2.75, 3.05) is 0 Å². The quantitative estimate of drug-likeness (QED) is 0.763. The number of allylic oxidation sites excluding steroid dienone is 2. The largest absolute Gasteiger partial charge is 0.177 e. The highest BCUT2D eigenvalue weighted by Gasteiger charge is 2.43. The lowest BCUT2D eigenvalue weighted by Gasteiger charge is -2.39. The van der Waals surface area contributed by atoms with Gasteiger partial charge in [-0.15, -0.1) is 10.2 Å². The van der Waals surface area contributed by atoms with Crippen LogP contribution in [0.5, 0.6) is 0 Å². The molecule has 0 amide bonds. The van der Waals surface area contributed by atoms with Gasteiger partial charge in [-0.3, -0.25) is 0 Å². The lowest BCUT2D eigenvalue weighted by molar-refractivity contribution is 0.127. The highest BCUT2D eigenvalue weighted by molar-refractivity contribution is 5.19. The van der Waals surface area contributed by atoms with Crippen molar-refractivity contribution in [3.8, 4) is 0 Å². The zero-order chi connectivity index (χ0) is 10.3. The predicted molar refractivity (Wildman–Crippen MR) is 56.0 cm³/mol. The van der Waals surface area contributed by atoms with E-state index < -0.39 is 0 Å². The monoisotopic (exact) mass is 204 g/mol. The third kappa shape index (κ3) is 1.48. The van der Waals surface area contributed by atoms with Crippen LogP contribution < -0.4 is 0 Å². The molecule has 3 unspecified atom stereocenters. The van der Waals surface area contributed by atoms with E-state index in [2.05, 4.69) is 33.6 Å². The number of tetrazole rings is 1. The maximum Gasteiger partial charge on any atom is 0.174 e. The summed E-state index contributed by atoms with van der Waals surface area (Å²) in [4.78, 5) is 0. The Kier molecular flexibility index (Phi) is 2.08. The van der Waals surface area contributed by atoms with Crippen LogP contribution >= 0.6 is 0 Å². The van der Waals surface area contributed by atoms with Crippen LogP contribution in [-0.4, -0.2) is 20.6 Å². The van der Waals surface area contributed by atoms with Crippen LogP contribution in [0.4, 0.5) is 0 Å². The summed E-state index contributed by atoms with van der Waals surface area (Å²) in [5.41, 5.74) is 1.65. The molecule has 1 heterocycles. The highest BCUT2D eigenvalue weighted by atomic mass is 15.5. The van der Waals surface area contributed by atoms with Crippen molar-refractivity contribution >= 4 is 0 Å². The molecule has 0 aliphatic heterocycles. The molecule has 4 nitrogen and oxygen atoms in total. The molecule has 0 radical (unpaired) electrons. The summed E-state index contributed by atoms with van der Waals surface area (Å²) in [7, 11) is 0. The molecule has 1 fully saturated rings. The van der Waals surface area contributed by atoms with Gasteiger partial charge in [0.1, 0.15) is 0 Å². The van der Waals surface area contributed by atoms with E-state index in [1.165, 1.54) is 19.3 Å². The van der Waals surface area contributed by atoms with Crippen molar-refractivity contribution in [2.45, 2.75) is 32.6 Å². The minimum Gasteiger partial charge on any atom is -0.177 e. The second kappa shape index (κ2) is 3.43. The van der Waals surface area contributed by atoms with E-state index in [1.54, 1.807) is 5.57 Å². The molecule has 4 heteroatoms. The summed E-state index contributed by atoms with van der Waals surface area (Å²) < 4.78 is 0. The van der Waals surface area contributed by atoms with Gasteiger partial charge in [0.25, 0.3) is 0 Å². The molecular formula is C11H16N4. The molecule has 1 aromatic rings. The van der Waals surface area contributed by atoms with E-state index in [9.17, 15) is 0 Å². The number of aromatic amines is 1. The summed E-state index contributed by atoms with van der Waals surface area (Å²) in [5.74, 6) is 3.36. The number of nitrogens with one attached hydrogen (secondary N) is 1. The van der Waals surface area contributed by atoms with E-state index >= 15 is 0 Å². The van der Waals surface area contributed by atoms with E-state index in [-0.39, 0.29) is 0 Å². The fourth-order valence-electron chi connectivity index (χ4n) is 3.05. The first-order chi connectivity index (χ1) is 7.36. The Balaban J connectivity index is 1.65. The van der Waals surface area contributed by atoms with Crippen molar-refractivity contribution < 1.29 is 0 Å². The van der Waals surface area contributed by atoms with E-state index in [0.717, 1.165) is 30.0 Å². The number of aromatic nitrogens is 4. The minimum atomic E-state index is 0.761. The second-order valence-corrected chi connectivity index (χ2v) is 4.75. The van der Waals surface area contributed by atoms with Crippen molar-refractivity contribution in [1.82, 2.24) is 20.6 Å². The minimum absolute atomic E-state index is 0.761. The Bertz CT molecular complexity index is 368. The molecule has 2 aliphatic rings. The molecule has 3 atom stereocenters. The molecule has 3 rings (SSSR count). The number of H-pyrrole nitrogens is 1. The molecule has 0 spiro atoms. The molecule has 1 aromatic heterocycles. The fraction of sp³-hybridized carbons (Fsp3) is 0.727. The first-order valence-corrected chi connectivity index (χ1v) is 5.78. The zero-order valence-corrected chi connectivity index (χ0v) is 8.98. The zero-order valence-electron chi connectivity index (χ0n) is 8.98. The molecule has 15 heavy (non-hydrogen) atoms. The van der Waals surface area contributed by atoms with Crippen LogP contribution in [0.25, 0.3) is 0 Å². The average Bonchev–Trinajstić information content (AvgIpc) is 2.82. The fourth-order valence-corrected chi connectivity index (χ4v) is 3.05. The van der Waals surface area contributed by atoms with E-state index in [4.69, 9.17) is 0 Å². The number of hydrogen-bond donors (Lipinski definition) is 1. The topological polar surface area (TPSA) is 54.5 Å². The SMILES string of the molecule is CCC1=CC2C(C1)CC2Cc1nn[nH]n1. The van der Waals surface area contributed by atoms with E-state index in [1.807, 2.05) is 0 Å². The number of nitrogens with zero attached hydrogens (tertiary/aromatic N) is 3. The van der Waals surface area contributed by atoms with Gasteiger partial charge in [-0.1, -0.05) is 23.8 Å². The van der Waals surface area contributed by atoms with Gasteiger partial charge in [-0.25, -0.2) is 0 Å². The Morgan fingerprint density at radius 3 is 3.20 bits per heavy atom. The second-order valence-electron chi connectivity index (χ2n) is 4.75. The Morgan fingerprint density at radius 1 is 1.53 bits per heavy atom. The van der Waals surface area contributed by atoms with Gasteiger partial charge in [0.2, 0.25) is 0 Å². The van der Waals surface area contributed by atoms with Crippen LogP contribution in [0.3, 0.4) is 0 Å². The molecular weight excluding hydrogens is 188 g/mol. The lowest BCUT2D eigenvalue weighted by atomic mass is 9.65. The standard InChI is InChI=1S/C11H16N4/c1-2-7-3-8-5-9(10(8)4-7)6-11-12-14-15-13-11/h4,8-10H,2-3,5-6H2,1H3,(H,12,13,14,15). The van der Waals surface area contributed by atoms with Crippen LogP contribution in [-0.2, 0) is 6.42 Å². The average molecular weight is 204 g/mol. The van der Waals surface area contributed by atoms with Gasteiger partial charge in [-0.05, 0) is 37.0 Å². The van der Waals surface area contributed by atoms with Crippen LogP contribution in [0.1, 0.15) is 32.0 Å². The van der Waals surface area contributed by atoms with Crippen molar-refractivity contribution in [3.63, 3.8) is 0 Å². The molecule has 2 aliphatic carbocycles. The van der Waals surface area contributed by atoms with Crippen molar-refractivity contribution in [2.24, 2.45) is 17.8 Å². The summed E-state index contributed by atoms with van der Waals surface area (Å²) in [6.45, 7) is 2.25. The molecule has 0 aromatic carbocycles. The lowest BCUT2D eigenvalue weighted by Crippen LogP contribution is -2.34. The van der Waals surface area contributed by atoms with Gasteiger partial charge in [-0.2, -0.15) is 5.21 Å². The smallest absolute Gasteiger partial charge is 0.174 e. The third-order valence-electron chi connectivity index (χ3n) is 3.93. The summed E-state index contributed by atoms with van der Waals surface area (Å²) in [5, 5.41) is 14.2. The first-order valence-electron chi connectivity index (χ1n) is 5.78. The third-order valence-corrected chi connectivity index (χ3v) is 3.93. The van der Waals surface area contributed by atoms with E-state index in [0.29, 0.717) is 0 Å². The summed E-state index contributed by atoms with van der Waals surface area (Å²) in [6, 6.07) is 0. The van der Waals surface area contributed by atoms with Crippen LogP contribution in [0.2, 0.25) is 0 Å². The highest BCUT2D eigenvalue weighted by Crippen LogP contribution is 2.51. The summed E-state index contributed by atoms with van der Waals surface area (Å²) in [6.07, 6.45) is 7.40. The molecule has 1 N–H and O–H groups in total.